The summed E-state index contributed by atoms with van der Waals surface area (Å²) in [5, 5.41) is 9.18. The van der Waals surface area contributed by atoms with Crippen LogP contribution in [0.1, 0.15) is 5.56 Å². The van der Waals surface area contributed by atoms with Crippen molar-refractivity contribution >= 4 is 31.8 Å². The minimum absolute atomic E-state index is 0.0460. The van der Waals surface area contributed by atoms with Gasteiger partial charge in [0.1, 0.15) is 16.5 Å². The minimum atomic E-state index is -3.71. The van der Waals surface area contributed by atoms with E-state index in [0.29, 0.717) is 10.9 Å². The van der Waals surface area contributed by atoms with Crippen LogP contribution in [0.3, 0.4) is 0 Å². The van der Waals surface area contributed by atoms with Crippen LogP contribution in [0, 0.1) is 0 Å². The molecule has 0 aliphatic carbocycles. The van der Waals surface area contributed by atoms with E-state index in [1.807, 2.05) is 0 Å². The number of aromatic hydroxyl groups is 1. The predicted octanol–water partition coefficient (Wildman–Crippen LogP) is 1.65. The monoisotopic (exact) mass is 371 g/mol. The number of sulfonamides is 1. The molecule has 21 heavy (non-hydrogen) atoms. The highest BCUT2D eigenvalue weighted by Crippen LogP contribution is 2.20. The zero-order valence-corrected chi connectivity index (χ0v) is 13.4. The molecule has 0 amide bonds. The van der Waals surface area contributed by atoms with Crippen molar-refractivity contribution in [3.8, 4) is 5.75 Å². The molecule has 0 spiro atoms. The Balaban J connectivity index is 2.04. The number of pyridine rings is 1. The first kappa shape index (κ1) is 15.7. The number of aromatic nitrogens is 1. The van der Waals surface area contributed by atoms with E-state index in [-0.39, 0.29) is 23.0 Å². The fourth-order valence-corrected chi connectivity index (χ4v) is 3.34. The van der Waals surface area contributed by atoms with Crippen LogP contribution in [-0.4, -0.2) is 25.1 Å². The van der Waals surface area contributed by atoms with Gasteiger partial charge < -0.3 is 10.8 Å². The molecule has 0 aliphatic heterocycles. The number of phenolic OH excluding ortho intramolecular Hbond substituents is 1. The van der Waals surface area contributed by atoms with E-state index in [4.69, 9.17) is 5.73 Å². The quantitative estimate of drug-likeness (QED) is 0.740. The summed E-state index contributed by atoms with van der Waals surface area (Å²) in [5.41, 5.74) is 6.51. The molecule has 0 saturated carbocycles. The fraction of sp³-hybridized carbons (Fsp3) is 0.154. The lowest BCUT2D eigenvalue weighted by Crippen LogP contribution is -2.27. The van der Waals surface area contributed by atoms with Crippen LogP contribution in [0.5, 0.6) is 5.75 Å². The Morgan fingerprint density at radius 1 is 1.29 bits per heavy atom. The van der Waals surface area contributed by atoms with Crippen LogP contribution >= 0.6 is 15.9 Å². The summed E-state index contributed by atoms with van der Waals surface area (Å²) < 4.78 is 27.3. The summed E-state index contributed by atoms with van der Waals surface area (Å²) in [6, 6.07) is 7.99. The first-order chi connectivity index (χ1) is 9.88. The van der Waals surface area contributed by atoms with Crippen molar-refractivity contribution in [2.24, 2.45) is 0 Å². The van der Waals surface area contributed by atoms with Gasteiger partial charge in [-0.05, 0) is 46.1 Å². The largest absolute Gasteiger partial charge is 0.508 e. The number of nitrogen functional groups attached to an aromatic ring is 1. The van der Waals surface area contributed by atoms with Gasteiger partial charge in [-0.25, -0.2) is 18.1 Å². The van der Waals surface area contributed by atoms with Crippen molar-refractivity contribution in [3.05, 3.63) is 46.6 Å². The van der Waals surface area contributed by atoms with Crippen molar-refractivity contribution in [2.75, 3.05) is 12.3 Å². The van der Waals surface area contributed by atoms with Crippen LogP contribution in [0.15, 0.2) is 45.9 Å². The zero-order chi connectivity index (χ0) is 15.5. The molecule has 1 aromatic heterocycles. The Kier molecular flexibility index (Phi) is 4.81. The maximum atomic E-state index is 12.2. The SMILES string of the molecule is Nc1ncc(Br)cc1S(=O)(=O)NCCc1ccc(O)cc1. The van der Waals surface area contributed by atoms with E-state index in [0.717, 1.165) is 5.56 Å². The van der Waals surface area contributed by atoms with Crippen LogP contribution in [0.2, 0.25) is 0 Å². The van der Waals surface area contributed by atoms with Gasteiger partial charge in [0.2, 0.25) is 10.0 Å². The van der Waals surface area contributed by atoms with Gasteiger partial charge in [-0.2, -0.15) is 0 Å². The molecule has 0 bridgehead atoms. The highest BCUT2D eigenvalue weighted by Gasteiger charge is 2.18. The molecule has 0 atom stereocenters. The Labute approximate surface area is 131 Å². The summed E-state index contributed by atoms with van der Waals surface area (Å²) in [7, 11) is -3.71. The van der Waals surface area contributed by atoms with Crippen LogP contribution in [0.4, 0.5) is 5.82 Å². The lowest BCUT2D eigenvalue weighted by Gasteiger charge is -2.09. The normalized spacial score (nSPS) is 11.5. The van der Waals surface area contributed by atoms with Gasteiger partial charge in [0.15, 0.2) is 0 Å². The Hall–Kier alpha value is -1.64. The van der Waals surface area contributed by atoms with E-state index in [1.165, 1.54) is 12.3 Å². The maximum Gasteiger partial charge on any atom is 0.244 e. The molecular formula is C13H14BrN3O3S. The highest BCUT2D eigenvalue weighted by atomic mass is 79.9. The smallest absolute Gasteiger partial charge is 0.244 e. The van der Waals surface area contributed by atoms with Gasteiger partial charge in [0.25, 0.3) is 0 Å². The molecule has 2 aromatic rings. The first-order valence-corrected chi connectivity index (χ1v) is 8.35. The first-order valence-electron chi connectivity index (χ1n) is 6.07. The number of nitrogens with zero attached hydrogens (tertiary/aromatic N) is 1. The molecule has 0 unspecified atom stereocenters. The number of phenols is 1. The number of hydrogen-bond acceptors (Lipinski definition) is 5. The molecule has 1 aromatic carbocycles. The molecule has 0 aliphatic rings. The van der Waals surface area contributed by atoms with Crippen LogP contribution < -0.4 is 10.5 Å². The maximum absolute atomic E-state index is 12.2. The molecule has 1 heterocycles. The van der Waals surface area contributed by atoms with Gasteiger partial charge in [0.05, 0.1) is 0 Å². The molecule has 6 nitrogen and oxygen atoms in total. The zero-order valence-electron chi connectivity index (χ0n) is 11.0. The number of halogens is 1. The summed E-state index contributed by atoms with van der Waals surface area (Å²) in [6.07, 6.45) is 1.94. The Morgan fingerprint density at radius 3 is 2.62 bits per heavy atom. The second-order valence-corrected chi connectivity index (χ2v) is 7.00. The molecule has 0 fully saturated rings. The molecule has 112 valence electrons. The van der Waals surface area contributed by atoms with Gasteiger partial charge in [-0.1, -0.05) is 12.1 Å². The average Bonchev–Trinajstić information content (AvgIpc) is 2.43. The fourth-order valence-electron chi connectivity index (χ4n) is 1.72. The number of anilines is 1. The van der Waals surface area contributed by atoms with Crippen molar-refractivity contribution in [2.45, 2.75) is 11.3 Å². The minimum Gasteiger partial charge on any atom is -0.508 e. The average molecular weight is 372 g/mol. The standard InChI is InChI=1S/C13H14BrN3O3S/c14-10-7-12(13(15)16-8-10)21(19,20)17-6-5-9-1-3-11(18)4-2-9/h1-4,7-8,17-18H,5-6H2,(H2,15,16). The van der Waals surface area contributed by atoms with E-state index >= 15 is 0 Å². The lowest BCUT2D eigenvalue weighted by molar-refractivity contribution is 0.475. The molecule has 8 heteroatoms. The van der Waals surface area contributed by atoms with E-state index in [2.05, 4.69) is 25.6 Å². The topological polar surface area (TPSA) is 105 Å². The van der Waals surface area contributed by atoms with E-state index in [9.17, 15) is 13.5 Å². The third kappa shape index (κ3) is 4.16. The molecule has 2 rings (SSSR count). The summed E-state index contributed by atoms with van der Waals surface area (Å²) in [5.74, 6) is 0.127. The number of benzene rings is 1. The number of nitrogens with two attached hydrogens (primary N) is 1. The lowest BCUT2D eigenvalue weighted by atomic mass is 10.1. The van der Waals surface area contributed by atoms with Crippen LogP contribution in [0.25, 0.3) is 0 Å². The number of nitrogens with one attached hydrogen (secondary N) is 1. The second-order valence-electron chi connectivity index (χ2n) is 4.35. The van der Waals surface area contributed by atoms with Crippen molar-refractivity contribution in [1.82, 2.24) is 9.71 Å². The predicted molar refractivity (Wildman–Crippen MR) is 83.3 cm³/mol. The third-order valence-corrected chi connectivity index (χ3v) is 4.70. The third-order valence-electron chi connectivity index (χ3n) is 2.78. The van der Waals surface area contributed by atoms with Gasteiger partial charge in [-0.15, -0.1) is 0 Å². The molecule has 4 N–H and O–H groups in total. The van der Waals surface area contributed by atoms with Crippen molar-refractivity contribution < 1.29 is 13.5 Å². The molecule has 0 radical (unpaired) electrons. The van der Waals surface area contributed by atoms with E-state index in [1.54, 1.807) is 24.3 Å². The Morgan fingerprint density at radius 2 is 1.95 bits per heavy atom. The van der Waals surface area contributed by atoms with E-state index < -0.39 is 10.0 Å². The summed E-state index contributed by atoms with van der Waals surface area (Å²) in [6.45, 7) is 0.221. The van der Waals surface area contributed by atoms with Crippen molar-refractivity contribution in [3.63, 3.8) is 0 Å². The van der Waals surface area contributed by atoms with Gasteiger partial charge in [0, 0.05) is 17.2 Å². The molecule has 0 saturated heterocycles. The second kappa shape index (κ2) is 6.42. The van der Waals surface area contributed by atoms with Gasteiger partial charge in [-0.3, -0.25) is 0 Å². The van der Waals surface area contributed by atoms with Crippen molar-refractivity contribution in [1.29, 1.82) is 0 Å². The summed E-state index contributed by atoms with van der Waals surface area (Å²) >= 11 is 3.17. The van der Waals surface area contributed by atoms with Crippen LogP contribution in [-0.2, 0) is 16.4 Å². The Bertz CT molecular complexity index is 733. The highest BCUT2D eigenvalue weighted by molar-refractivity contribution is 9.10. The number of hydrogen-bond donors (Lipinski definition) is 3. The van der Waals surface area contributed by atoms with Gasteiger partial charge >= 0.3 is 0 Å². The molecular weight excluding hydrogens is 358 g/mol. The summed E-state index contributed by atoms with van der Waals surface area (Å²) in [4.78, 5) is 3.75. The number of rotatable bonds is 5.